The summed E-state index contributed by atoms with van der Waals surface area (Å²) in [4.78, 5) is 26.4. The van der Waals surface area contributed by atoms with Gasteiger partial charge in [-0.05, 0) is 48.5 Å². The van der Waals surface area contributed by atoms with E-state index in [0.29, 0.717) is 17.1 Å². The molecular formula is C24H22F4N4O3. The number of methoxy groups -OCH3 is 1. The lowest BCUT2D eigenvalue weighted by Crippen LogP contribution is -2.42. The van der Waals surface area contributed by atoms with Gasteiger partial charge in [0.05, 0.1) is 18.4 Å². The molecule has 0 aliphatic heterocycles. The molecule has 0 saturated carbocycles. The van der Waals surface area contributed by atoms with E-state index >= 15 is 0 Å². The van der Waals surface area contributed by atoms with E-state index in [9.17, 15) is 27.2 Å². The lowest BCUT2D eigenvalue weighted by molar-refractivity contribution is -0.136. The maximum absolute atomic E-state index is 13.4. The summed E-state index contributed by atoms with van der Waals surface area (Å²) in [7, 11) is 1.48. The van der Waals surface area contributed by atoms with Crippen molar-refractivity contribution < 1.29 is 31.9 Å². The number of nitrogens with one attached hydrogen (secondary N) is 3. The molecule has 0 spiro atoms. The zero-order valence-corrected chi connectivity index (χ0v) is 18.5. The predicted molar refractivity (Wildman–Crippen MR) is 124 cm³/mol. The number of ether oxygens (including phenoxy) is 1. The summed E-state index contributed by atoms with van der Waals surface area (Å²) in [6.45, 7) is -0.168. The molecule has 0 aliphatic rings. The van der Waals surface area contributed by atoms with E-state index in [-0.39, 0.29) is 13.1 Å². The van der Waals surface area contributed by atoms with Crippen LogP contribution in [0.2, 0.25) is 0 Å². The molecule has 0 saturated heterocycles. The van der Waals surface area contributed by atoms with Gasteiger partial charge in [-0.3, -0.25) is 4.90 Å². The molecule has 184 valence electrons. The van der Waals surface area contributed by atoms with Gasteiger partial charge in [0.25, 0.3) is 0 Å². The quantitative estimate of drug-likeness (QED) is 0.371. The molecule has 0 aliphatic carbocycles. The van der Waals surface area contributed by atoms with Gasteiger partial charge >= 0.3 is 18.2 Å². The Morgan fingerprint density at radius 3 is 2.34 bits per heavy atom. The van der Waals surface area contributed by atoms with Crippen LogP contribution in [-0.4, -0.2) is 32.3 Å². The average Bonchev–Trinajstić information content (AvgIpc) is 2.82. The van der Waals surface area contributed by atoms with E-state index in [0.717, 1.165) is 12.1 Å². The largest absolute Gasteiger partial charge is 0.497 e. The highest BCUT2D eigenvalue weighted by Gasteiger charge is 2.33. The van der Waals surface area contributed by atoms with Crippen LogP contribution in [0.15, 0.2) is 72.8 Å². The Labute approximate surface area is 198 Å². The number of amides is 4. The molecule has 3 rings (SSSR count). The second-order valence-electron chi connectivity index (χ2n) is 7.21. The SMILES string of the molecule is COc1cccc(NC(=O)N(CCNC(=O)Nc2ccccc2C(F)(F)F)c2ccc(F)cc2)c1. The van der Waals surface area contributed by atoms with Crippen molar-refractivity contribution in [3.63, 3.8) is 0 Å². The molecule has 11 heteroatoms. The summed E-state index contributed by atoms with van der Waals surface area (Å²) >= 11 is 0. The van der Waals surface area contributed by atoms with Crippen LogP contribution in [0.5, 0.6) is 5.75 Å². The highest BCUT2D eigenvalue weighted by Crippen LogP contribution is 2.34. The fourth-order valence-electron chi connectivity index (χ4n) is 3.15. The molecule has 0 aromatic heterocycles. The number of para-hydroxylation sites is 1. The van der Waals surface area contributed by atoms with E-state index in [1.54, 1.807) is 24.3 Å². The van der Waals surface area contributed by atoms with Gasteiger partial charge in [-0.1, -0.05) is 18.2 Å². The third kappa shape index (κ3) is 7.10. The maximum Gasteiger partial charge on any atom is 0.418 e. The number of hydrogen-bond acceptors (Lipinski definition) is 3. The lowest BCUT2D eigenvalue weighted by Gasteiger charge is -2.24. The summed E-state index contributed by atoms with van der Waals surface area (Å²) in [6.07, 6.45) is -4.64. The van der Waals surface area contributed by atoms with Crippen molar-refractivity contribution in [3.8, 4) is 5.75 Å². The Morgan fingerprint density at radius 2 is 1.66 bits per heavy atom. The highest BCUT2D eigenvalue weighted by molar-refractivity contribution is 6.02. The van der Waals surface area contributed by atoms with Gasteiger partial charge in [-0.2, -0.15) is 13.2 Å². The standard InChI is InChI=1S/C24H22F4N4O3/c1-35-19-6-4-5-17(15-19)30-23(34)32(18-11-9-16(25)10-12-18)14-13-29-22(33)31-21-8-3-2-7-20(21)24(26,27)28/h2-12,15H,13-14H2,1H3,(H,30,34)(H2,29,31,33). The van der Waals surface area contributed by atoms with Crippen molar-refractivity contribution >= 4 is 29.1 Å². The molecule has 0 atom stereocenters. The van der Waals surface area contributed by atoms with Gasteiger partial charge in [0.15, 0.2) is 0 Å². The van der Waals surface area contributed by atoms with Crippen LogP contribution >= 0.6 is 0 Å². The van der Waals surface area contributed by atoms with Crippen molar-refractivity contribution in [1.82, 2.24) is 5.32 Å². The van der Waals surface area contributed by atoms with E-state index in [2.05, 4.69) is 16.0 Å². The van der Waals surface area contributed by atoms with Crippen LogP contribution in [0.4, 0.5) is 44.2 Å². The van der Waals surface area contributed by atoms with Crippen molar-refractivity contribution in [2.75, 3.05) is 35.7 Å². The van der Waals surface area contributed by atoms with Crippen molar-refractivity contribution in [2.45, 2.75) is 6.18 Å². The third-order valence-electron chi connectivity index (χ3n) is 4.81. The molecule has 0 unspecified atom stereocenters. The zero-order valence-electron chi connectivity index (χ0n) is 18.5. The number of benzene rings is 3. The molecule has 0 bridgehead atoms. The topological polar surface area (TPSA) is 82.7 Å². The van der Waals surface area contributed by atoms with Gasteiger partial charge in [0.1, 0.15) is 11.6 Å². The second kappa shape index (κ2) is 11.2. The van der Waals surface area contributed by atoms with E-state index < -0.39 is 35.3 Å². The summed E-state index contributed by atoms with van der Waals surface area (Å²) in [5.41, 5.74) is -0.600. The molecule has 0 fully saturated rings. The van der Waals surface area contributed by atoms with Crippen LogP contribution < -0.4 is 25.6 Å². The van der Waals surface area contributed by atoms with Crippen LogP contribution in [0, 0.1) is 5.82 Å². The Hall–Kier alpha value is -4.28. The Kier molecular flexibility index (Phi) is 8.13. The minimum Gasteiger partial charge on any atom is -0.497 e. The first kappa shape index (κ1) is 25.3. The number of hydrogen-bond donors (Lipinski definition) is 3. The number of anilines is 3. The summed E-state index contributed by atoms with van der Waals surface area (Å²) in [6, 6.07) is 14.9. The number of carbonyl (C=O) groups is 2. The molecule has 3 aromatic rings. The van der Waals surface area contributed by atoms with Gasteiger partial charge in [0, 0.05) is 30.5 Å². The zero-order chi connectivity index (χ0) is 25.4. The first-order valence-corrected chi connectivity index (χ1v) is 10.4. The van der Waals surface area contributed by atoms with E-state index in [1.807, 2.05) is 0 Å². The van der Waals surface area contributed by atoms with Crippen molar-refractivity contribution in [1.29, 1.82) is 0 Å². The number of halogens is 4. The molecule has 3 N–H and O–H groups in total. The second-order valence-corrected chi connectivity index (χ2v) is 7.21. The minimum atomic E-state index is -4.64. The fraction of sp³-hybridized carbons (Fsp3) is 0.167. The van der Waals surface area contributed by atoms with Gasteiger partial charge in [0.2, 0.25) is 0 Å². The number of carbonyl (C=O) groups excluding carboxylic acids is 2. The molecule has 7 nitrogen and oxygen atoms in total. The fourth-order valence-corrected chi connectivity index (χ4v) is 3.15. The smallest absolute Gasteiger partial charge is 0.418 e. The van der Waals surface area contributed by atoms with Crippen LogP contribution in [-0.2, 0) is 6.18 Å². The molecule has 4 amide bonds. The Bertz CT molecular complexity index is 1170. The van der Waals surface area contributed by atoms with Crippen LogP contribution in [0.25, 0.3) is 0 Å². The highest BCUT2D eigenvalue weighted by atomic mass is 19.4. The third-order valence-corrected chi connectivity index (χ3v) is 4.81. The number of urea groups is 2. The number of rotatable bonds is 7. The first-order valence-electron chi connectivity index (χ1n) is 10.4. The average molecular weight is 490 g/mol. The first-order chi connectivity index (χ1) is 16.7. The summed E-state index contributed by atoms with van der Waals surface area (Å²) in [5.74, 6) is 0.0244. The normalized spacial score (nSPS) is 10.9. The summed E-state index contributed by atoms with van der Waals surface area (Å²) < 4.78 is 57.9. The summed E-state index contributed by atoms with van der Waals surface area (Å²) in [5, 5.41) is 7.28. The molecule has 35 heavy (non-hydrogen) atoms. The molecule has 3 aromatic carbocycles. The van der Waals surface area contributed by atoms with Crippen LogP contribution in [0.3, 0.4) is 0 Å². The molecule has 0 heterocycles. The number of nitrogens with zero attached hydrogens (tertiary/aromatic N) is 1. The monoisotopic (exact) mass is 490 g/mol. The van der Waals surface area contributed by atoms with Crippen molar-refractivity contribution in [3.05, 3.63) is 84.2 Å². The Balaban J connectivity index is 1.67. The predicted octanol–water partition coefficient (Wildman–Crippen LogP) is 5.71. The molecule has 0 radical (unpaired) electrons. The lowest BCUT2D eigenvalue weighted by atomic mass is 10.1. The number of alkyl halides is 3. The van der Waals surface area contributed by atoms with Gasteiger partial charge in [-0.25, -0.2) is 14.0 Å². The molecular weight excluding hydrogens is 468 g/mol. The van der Waals surface area contributed by atoms with Gasteiger partial charge < -0.3 is 20.7 Å². The van der Waals surface area contributed by atoms with Crippen LogP contribution in [0.1, 0.15) is 5.56 Å². The van der Waals surface area contributed by atoms with Gasteiger partial charge in [-0.15, -0.1) is 0 Å². The Morgan fingerprint density at radius 1 is 0.943 bits per heavy atom. The minimum absolute atomic E-state index is 0.0598. The maximum atomic E-state index is 13.4. The van der Waals surface area contributed by atoms with E-state index in [4.69, 9.17) is 4.74 Å². The van der Waals surface area contributed by atoms with Crippen molar-refractivity contribution in [2.24, 2.45) is 0 Å². The van der Waals surface area contributed by atoms with E-state index in [1.165, 1.54) is 48.4 Å².